The summed E-state index contributed by atoms with van der Waals surface area (Å²) in [6.45, 7) is 1.75. The Morgan fingerprint density at radius 2 is 2.27 bits per heavy atom. The Morgan fingerprint density at radius 1 is 1.55 bits per heavy atom. The Morgan fingerprint density at radius 3 is 2.82 bits per heavy atom. The highest BCUT2D eigenvalue weighted by Gasteiger charge is 1.97. The van der Waals surface area contributed by atoms with Gasteiger partial charge in [-0.05, 0) is 6.92 Å². The molecule has 1 rings (SSSR count). The molecule has 0 aliphatic rings. The molecule has 0 amide bonds. The molecule has 0 unspecified atom stereocenters. The van der Waals surface area contributed by atoms with Crippen LogP contribution in [0.2, 0.25) is 0 Å². The van der Waals surface area contributed by atoms with Gasteiger partial charge in [0.25, 0.3) is 0 Å². The van der Waals surface area contributed by atoms with Crippen LogP contribution in [0, 0.1) is 6.92 Å². The van der Waals surface area contributed by atoms with Crippen LogP contribution >= 0.6 is 0 Å². The maximum Gasteiger partial charge on any atom is 0.156 e. The third kappa shape index (κ3) is 1.88. The fourth-order valence-corrected chi connectivity index (χ4v) is 0.829. The summed E-state index contributed by atoms with van der Waals surface area (Å²) in [6, 6.07) is 1.82. The smallest absolute Gasteiger partial charge is 0.156 e. The third-order valence-electron chi connectivity index (χ3n) is 1.30. The summed E-state index contributed by atoms with van der Waals surface area (Å²) >= 11 is 0. The van der Waals surface area contributed by atoms with Gasteiger partial charge in [-0.1, -0.05) is 0 Å². The van der Waals surface area contributed by atoms with Gasteiger partial charge >= 0.3 is 0 Å². The molecular weight excluding hydrogens is 142 g/mol. The molecule has 4 heteroatoms. The van der Waals surface area contributed by atoms with E-state index in [1.807, 2.05) is 13.0 Å². The van der Waals surface area contributed by atoms with Crippen LogP contribution < -0.4 is 5.32 Å². The van der Waals surface area contributed by atoms with Crippen LogP contribution in [-0.4, -0.2) is 22.1 Å². The molecule has 11 heavy (non-hydrogen) atoms. The molecule has 0 aromatic carbocycles. The highest BCUT2D eigenvalue weighted by Crippen LogP contribution is 2.04. The number of rotatable bonds is 2. The number of hydrogen-bond donors (Lipinski definition) is 2. The highest BCUT2D eigenvalue weighted by atomic mass is 16.3. The van der Waals surface area contributed by atoms with E-state index in [1.165, 1.54) is 0 Å². The monoisotopic (exact) mass is 153 g/mol. The summed E-state index contributed by atoms with van der Waals surface area (Å²) in [5, 5.41) is 11.6. The second-order valence-corrected chi connectivity index (χ2v) is 2.22. The number of anilines is 1. The molecule has 0 saturated carbocycles. The number of nitrogens with one attached hydrogen (secondary N) is 1. The molecule has 0 aliphatic heterocycles. The molecule has 0 aliphatic carbocycles. The van der Waals surface area contributed by atoms with Crippen molar-refractivity contribution >= 4 is 5.82 Å². The fourth-order valence-electron chi connectivity index (χ4n) is 0.829. The average Bonchev–Trinajstić information content (AvgIpc) is 2.03. The maximum atomic E-state index is 8.73. The topological polar surface area (TPSA) is 58.0 Å². The SMILES string of the molecule is CNc1cc(C)nc(CO)n1. The molecule has 0 saturated heterocycles. The van der Waals surface area contributed by atoms with Crippen molar-refractivity contribution in [3.63, 3.8) is 0 Å². The van der Waals surface area contributed by atoms with Crippen molar-refractivity contribution in [2.24, 2.45) is 0 Å². The molecular formula is C7H11N3O. The van der Waals surface area contributed by atoms with E-state index in [-0.39, 0.29) is 6.61 Å². The summed E-state index contributed by atoms with van der Waals surface area (Å²) < 4.78 is 0. The van der Waals surface area contributed by atoms with Gasteiger partial charge in [-0.3, -0.25) is 0 Å². The Hall–Kier alpha value is -1.16. The molecule has 1 aromatic rings. The second kappa shape index (κ2) is 3.30. The highest BCUT2D eigenvalue weighted by molar-refractivity contribution is 5.34. The van der Waals surface area contributed by atoms with E-state index >= 15 is 0 Å². The first-order chi connectivity index (χ1) is 5.26. The third-order valence-corrected chi connectivity index (χ3v) is 1.30. The predicted octanol–water partition coefficient (Wildman–Crippen LogP) is 0.319. The van der Waals surface area contributed by atoms with Crippen molar-refractivity contribution in [1.82, 2.24) is 9.97 Å². The number of aromatic nitrogens is 2. The summed E-state index contributed by atoms with van der Waals surface area (Å²) in [6.07, 6.45) is 0. The van der Waals surface area contributed by atoms with Gasteiger partial charge in [0.1, 0.15) is 12.4 Å². The lowest BCUT2D eigenvalue weighted by Crippen LogP contribution is -2.01. The van der Waals surface area contributed by atoms with Crippen LogP contribution in [0.3, 0.4) is 0 Å². The number of aliphatic hydroxyl groups is 1. The zero-order valence-electron chi connectivity index (χ0n) is 6.63. The minimum absolute atomic E-state index is 0.115. The van der Waals surface area contributed by atoms with Gasteiger partial charge in [0, 0.05) is 18.8 Å². The number of nitrogens with zero attached hydrogens (tertiary/aromatic N) is 2. The molecule has 4 nitrogen and oxygen atoms in total. The van der Waals surface area contributed by atoms with Gasteiger partial charge in [0.2, 0.25) is 0 Å². The Labute approximate surface area is 65.3 Å². The molecule has 1 aromatic heterocycles. The van der Waals surface area contributed by atoms with E-state index < -0.39 is 0 Å². The molecule has 2 N–H and O–H groups in total. The maximum absolute atomic E-state index is 8.73. The largest absolute Gasteiger partial charge is 0.388 e. The first-order valence-electron chi connectivity index (χ1n) is 3.39. The van der Waals surface area contributed by atoms with Crippen LogP contribution in [0.1, 0.15) is 11.5 Å². The van der Waals surface area contributed by atoms with E-state index in [0.29, 0.717) is 5.82 Å². The van der Waals surface area contributed by atoms with Crippen molar-refractivity contribution in [1.29, 1.82) is 0 Å². The van der Waals surface area contributed by atoms with Gasteiger partial charge in [0.15, 0.2) is 5.82 Å². The van der Waals surface area contributed by atoms with E-state index in [1.54, 1.807) is 7.05 Å². The molecule has 0 spiro atoms. The van der Waals surface area contributed by atoms with Gasteiger partial charge in [0.05, 0.1) is 0 Å². The normalized spacial score (nSPS) is 9.73. The second-order valence-electron chi connectivity index (χ2n) is 2.22. The summed E-state index contributed by atoms with van der Waals surface area (Å²) in [4.78, 5) is 8.00. The van der Waals surface area contributed by atoms with Crippen LogP contribution in [0.4, 0.5) is 5.82 Å². The van der Waals surface area contributed by atoms with Gasteiger partial charge in [-0.25, -0.2) is 9.97 Å². The van der Waals surface area contributed by atoms with E-state index in [9.17, 15) is 0 Å². The quantitative estimate of drug-likeness (QED) is 0.642. The minimum Gasteiger partial charge on any atom is -0.388 e. The average molecular weight is 153 g/mol. The van der Waals surface area contributed by atoms with Gasteiger partial charge < -0.3 is 10.4 Å². The van der Waals surface area contributed by atoms with E-state index in [4.69, 9.17) is 5.11 Å². The number of aryl methyl sites for hydroxylation is 1. The Kier molecular flexibility index (Phi) is 2.38. The van der Waals surface area contributed by atoms with Crippen LogP contribution in [-0.2, 0) is 6.61 Å². The zero-order chi connectivity index (χ0) is 8.27. The molecule has 0 radical (unpaired) electrons. The Bertz CT molecular complexity index is 227. The van der Waals surface area contributed by atoms with Crippen molar-refractivity contribution in [2.45, 2.75) is 13.5 Å². The lowest BCUT2D eigenvalue weighted by Gasteiger charge is -2.01. The molecule has 0 atom stereocenters. The van der Waals surface area contributed by atoms with Gasteiger partial charge in [-0.15, -0.1) is 0 Å². The lowest BCUT2D eigenvalue weighted by atomic mass is 10.4. The minimum atomic E-state index is -0.115. The summed E-state index contributed by atoms with van der Waals surface area (Å²) in [7, 11) is 1.78. The first kappa shape index (κ1) is 7.94. The molecule has 0 fully saturated rings. The Balaban J connectivity index is 3.02. The van der Waals surface area contributed by atoms with Crippen molar-refractivity contribution in [2.75, 3.05) is 12.4 Å². The summed E-state index contributed by atoms with van der Waals surface area (Å²) in [5.41, 5.74) is 0.855. The number of hydrogen-bond acceptors (Lipinski definition) is 4. The van der Waals surface area contributed by atoms with Crippen LogP contribution in [0.15, 0.2) is 6.07 Å². The van der Waals surface area contributed by atoms with E-state index in [2.05, 4.69) is 15.3 Å². The fraction of sp³-hybridized carbons (Fsp3) is 0.429. The van der Waals surface area contributed by atoms with Crippen molar-refractivity contribution in [3.05, 3.63) is 17.6 Å². The van der Waals surface area contributed by atoms with E-state index in [0.717, 1.165) is 11.5 Å². The predicted molar refractivity (Wildman–Crippen MR) is 42.2 cm³/mol. The van der Waals surface area contributed by atoms with Gasteiger partial charge in [-0.2, -0.15) is 0 Å². The zero-order valence-corrected chi connectivity index (χ0v) is 6.63. The molecule has 1 heterocycles. The molecule has 60 valence electrons. The molecule has 0 bridgehead atoms. The lowest BCUT2D eigenvalue weighted by molar-refractivity contribution is 0.271. The van der Waals surface area contributed by atoms with Crippen LogP contribution in [0.25, 0.3) is 0 Å². The van der Waals surface area contributed by atoms with Crippen molar-refractivity contribution in [3.8, 4) is 0 Å². The summed E-state index contributed by atoms with van der Waals surface area (Å²) in [5.74, 6) is 1.19. The van der Waals surface area contributed by atoms with Crippen molar-refractivity contribution < 1.29 is 5.11 Å². The number of aliphatic hydroxyl groups excluding tert-OH is 1. The standard InChI is InChI=1S/C7H11N3O/c1-5-3-6(8-2)10-7(4-11)9-5/h3,11H,4H2,1-2H3,(H,8,9,10). The van der Waals surface area contributed by atoms with Crippen LogP contribution in [0.5, 0.6) is 0 Å². The first-order valence-corrected chi connectivity index (χ1v) is 3.39.